The van der Waals surface area contributed by atoms with E-state index in [0.717, 1.165) is 11.1 Å². The fraction of sp³-hybridized carbons (Fsp3) is 0.0556. The van der Waals surface area contributed by atoms with Gasteiger partial charge in [0.25, 0.3) is 0 Å². The molecule has 0 saturated heterocycles. The van der Waals surface area contributed by atoms with Gasteiger partial charge in [-0.1, -0.05) is 60.7 Å². The van der Waals surface area contributed by atoms with Crippen LogP contribution in [0.2, 0.25) is 0 Å². The Bertz CT molecular complexity index is 708. The van der Waals surface area contributed by atoms with Crippen LogP contribution < -0.4 is 10.6 Å². The maximum Gasteiger partial charge on any atom is 0.321 e. The molecule has 0 aliphatic carbocycles. The van der Waals surface area contributed by atoms with Crippen molar-refractivity contribution in [2.75, 3.05) is 5.32 Å². The number of rotatable bonds is 4. The molecule has 0 bridgehead atoms. The maximum absolute atomic E-state index is 12.3. The van der Waals surface area contributed by atoms with E-state index in [0.29, 0.717) is 5.82 Å². The minimum atomic E-state index is -0.330. The van der Waals surface area contributed by atoms with E-state index in [9.17, 15) is 4.79 Å². The quantitative estimate of drug-likeness (QED) is 0.776. The summed E-state index contributed by atoms with van der Waals surface area (Å²) in [5.41, 5.74) is 2.01. The highest BCUT2D eigenvalue weighted by atomic mass is 16.2. The van der Waals surface area contributed by atoms with Crippen LogP contribution in [0, 0.1) is 0 Å². The Morgan fingerprint density at radius 3 is 2.00 bits per heavy atom. The number of anilines is 1. The average molecular weight is 304 g/mol. The summed E-state index contributed by atoms with van der Waals surface area (Å²) in [6.07, 6.45) is 4.58. The molecule has 2 aromatic carbocycles. The van der Waals surface area contributed by atoms with Gasteiger partial charge < -0.3 is 5.32 Å². The molecule has 0 fully saturated rings. The predicted octanol–water partition coefficient (Wildman–Crippen LogP) is 3.39. The molecular weight excluding hydrogens is 288 g/mol. The summed E-state index contributed by atoms with van der Waals surface area (Å²) in [5.74, 6) is 0.407. The number of aromatic nitrogens is 2. The minimum Gasteiger partial charge on any atom is -0.327 e. The molecule has 1 aromatic heterocycles. The Kier molecular flexibility index (Phi) is 4.59. The van der Waals surface area contributed by atoms with Crippen molar-refractivity contribution in [2.45, 2.75) is 6.04 Å². The lowest BCUT2D eigenvalue weighted by molar-refractivity contribution is 0.250. The Morgan fingerprint density at radius 2 is 1.48 bits per heavy atom. The molecule has 0 saturated carbocycles. The first kappa shape index (κ1) is 14.7. The van der Waals surface area contributed by atoms with Crippen molar-refractivity contribution in [3.05, 3.63) is 90.4 Å². The Morgan fingerprint density at radius 1 is 0.870 bits per heavy atom. The molecule has 0 aliphatic rings. The summed E-state index contributed by atoms with van der Waals surface area (Å²) in [4.78, 5) is 20.2. The van der Waals surface area contributed by atoms with Gasteiger partial charge in [0.15, 0.2) is 5.82 Å². The summed E-state index contributed by atoms with van der Waals surface area (Å²) in [7, 11) is 0. The highest BCUT2D eigenvalue weighted by molar-refractivity contribution is 5.88. The predicted molar refractivity (Wildman–Crippen MR) is 88.9 cm³/mol. The van der Waals surface area contributed by atoms with Crippen molar-refractivity contribution in [3.8, 4) is 0 Å². The number of hydrogen-bond donors (Lipinski definition) is 2. The van der Waals surface area contributed by atoms with Gasteiger partial charge in [0.05, 0.1) is 12.2 Å². The first-order valence-electron chi connectivity index (χ1n) is 7.26. The van der Waals surface area contributed by atoms with Crippen LogP contribution >= 0.6 is 0 Å². The van der Waals surface area contributed by atoms with Crippen molar-refractivity contribution < 1.29 is 4.79 Å². The molecule has 0 unspecified atom stereocenters. The fourth-order valence-electron chi connectivity index (χ4n) is 2.30. The molecule has 2 N–H and O–H groups in total. The monoisotopic (exact) mass is 304 g/mol. The van der Waals surface area contributed by atoms with Crippen molar-refractivity contribution in [3.63, 3.8) is 0 Å². The van der Waals surface area contributed by atoms with Crippen LogP contribution in [-0.4, -0.2) is 16.0 Å². The van der Waals surface area contributed by atoms with Crippen molar-refractivity contribution in [1.82, 2.24) is 15.3 Å². The van der Waals surface area contributed by atoms with E-state index in [1.54, 1.807) is 6.20 Å². The summed E-state index contributed by atoms with van der Waals surface area (Å²) >= 11 is 0. The topological polar surface area (TPSA) is 66.9 Å². The molecule has 0 atom stereocenters. The summed E-state index contributed by atoms with van der Waals surface area (Å²) in [6, 6.07) is 19.1. The van der Waals surface area contributed by atoms with Crippen molar-refractivity contribution in [1.29, 1.82) is 0 Å². The van der Waals surface area contributed by atoms with Gasteiger partial charge in [-0.15, -0.1) is 0 Å². The lowest BCUT2D eigenvalue weighted by atomic mass is 9.99. The van der Waals surface area contributed by atoms with E-state index in [1.165, 1.54) is 12.4 Å². The lowest BCUT2D eigenvalue weighted by Gasteiger charge is -2.20. The maximum atomic E-state index is 12.3. The second-order valence-corrected chi connectivity index (χ2v) is 4.94. The molecule has 5 nitrogen and oxygen atoms in total. The van der Waals surface area contributed by atoms with Gasteiger partial charge in [-0.2, -0.15) is 0 Å². The van der Waals surface area contributed by atoms with Crippen molar-refractivity contribution >= 4 is 11.8 Å². The molecular formula is C18H16N4O. The van der Waals surface area contributed by atoms with Crippen LogP contribution in [0.3, 0.4) is 0 Å². The van der Waals surface area contributed by atoms with E-state index in [-0.39, 0.29) is 12.1 Å². The molecule has 3 rings (SSSR count). The molecule has 1 heterocycles. The van der Waals surface area contributed by atoms with Crippen LogP contribution in [0.1, 0.15) is 17.2 Å². The first-order chi connectivity index (χ1) is 11.3. The van der Waals surface area contributed by atoms with Crippen LogP contribution in [0.4, 0.5) is 10.6 Å². The van der Waals surface area contributed by atoms with Gasteiger partial charge in [0.2, 0.25) is 0 Å². The molecule has 2 amide bonds. The third-order valence-electron chi connectivity index (χ3n) is 3.35. The van der Waals surface area contributed by atoms with Gasteiger partial charge in [-0.25, -0.2) is 9.78 Å². The molecule has 0 aliphatic heterocycles. The highest BCUT2D eigenvalue weighted by Crippen LogP contribution is 2.21. The number of benzene rings is 2. The number of urea groups is 1. The van der Waals surface area contributed by atoms with Crippen LogP contribution in [-0.2, 0) is 0 Å². The highest BCUT2D eigenvalue weighted by Gasteiger charge is 2.16. The zero-order valence-corrected chi connectivity index (χ0v) is 12.4. The average Bonchev–Trinajstić information content (AvgIpc) is 2.62. The lowest BCUT2D eigenvalue weighted by Crippen LogP contribution is -2.33. The summed E-state index contributed by atoms with van der Waals surface area (Å²) in [6.45, 7) is 0. The van der Waals surface area contributed by atoms with Crippen molar-refractivity contribution in [2.24, 2.45) is 0 Å². The Hall–Kier alpha value is -3.21. The standard InChI is InChI=1S/C18H16N4O/c23-18(21-16-13-19-11-12-20-16)22-17(14-7-3-1-4-8-14)15-9-5-2-6-10-15/h1-13,17H,(H2,20,21,22,23). The third kappa shape index (κ3) is 3.91. The normalized spacial score (nSPS) is 10.3. The van der Waals surface area contributed by atoms with Gasteiger partial charge in [0, 0.05) is 12.4 Å². The minimum absolute atomic E-state index is 0.242. The number of carbonyl (C=O) groups is 1. The molecule has 0 spiro atoms. The number of amides is 2. The SMILES string of the molecule is O=C(Nc1cnccn1)NC(c1ccccc1)c1ccccc1. The van der Waals surface area contributed by atoms with Gasteiger partial charge >= 0.3 is 6.03 Å². The van der Waals surface area contributed by atoms with E-state index >= 15 is 0 Å². The largest absolute Gasteiger partial charge is 0.327 e. The molecule has 23 heavy (non-hydrogen) atoms. The van der Waals surface area contributed by atoms with Gasteiger partial charge in [-0.05, 0) is 11.1 Å². The second kappa shape index (κ2) is 7.17. The van der Waals surface area contributed by atoms with Gasteiger partial charge in [-0.3, -0.25) is 10.3 Å². The third-order valence-corrected chi connectivity index (χ3v) is 3.35. The van der Waals surface area contributed by atoms with E-state index in [2.05, 4.69) is 20.6 Å². The number of carbonyl (C=O) groups excluding carboxylic acids is 1. The van der Waals surface area contributed by atoms with E-state index < -0.39 is 0 Å². The molecule has 0 radical (unpaired) electrons. The number of hydrogen-bond acceptors (Lipinski definition) is 3. The fourth-order valence-corrected chi connectivity index (χ4v) is 2.30. The molecule has 114 valence electrons. The second-order valence-electron chi connectivity index (χ2n) is 4.94. The first-order valence-corrected chi connectivity index (χ1v) is 7.26. The molecule has 3 aromatic rings. The van der Waals surface area contributed by atoms with Crippen LogP contribution in [0.25, 0.3) is 0 Å². The number of nitrogens with zero attached hydrogens (tertiary/aromatic N) is 2. The molecule has 5 heteroatoms. The zero-order valence-electron chi connectivity index (χ0n) is 12.4. The summed E-state index contributed by atoms with van der Waals surface area (Å²) in [5, 5.41) is 5.67. The number of nitrogens with one attached hydrogen (secondary N) is 2. The smallest absolute Gasteiger partial charge is 0.321 e. The Balaban J connectivity index is 1.81. The zero-order chi connectivity index (χ0) is 15.9. The summed E-state index contributed by atoms with van der Waals surface area (Å²) < 4.78 is 0. The van der Waals surface area contributed by atoms with E-state index in [1.807, 2.05) is 60.7 Å². The Labute approximate surface area is 134 Å². The van der Waals surface area contributed by atoms with Crippen LogP contribution in [0.5, 0.6) is 0 Å². The van der Waals surface area contributed by atoms with Gasteiger partial charge in [0.1, 0.15) is 0 Å². The van der Waals surface area contributed by atoms with Crippen LogP contribution in [0.15, 0.2) is 79.3 Å². The van der Waals surface area contributed by atoms with E-state index in [4.69, 9.17) is 0 Å².